The Morgan fingerprint density at radius 1 is 0.882 bits per heavy atom. The maximum Gasteiger partial charge on any atom is 0.222 e. The molecule has 0 aromatic rings. The van der Waals surface area contributed by atoms with Crippen molar-refractivity contribution < 1.29 is 18.8 Å². The fourth-order valence-corrected chi connectivity index (χ4v) is 5.93. The smallest absolute Gasteiger partial charge is 0.222 e. The van der Waals surface area contributed by atoms with Crippen molar-refractivity contribution in [3.05, 3.63) is 0 Å². The zero-order valence-electron chi connectivity index (χ0n) is 23.2. The summed E-state index contributed by atoms with van der Waals surface area (Å²) in [6, 6.07) is 0.475. The zero-order valence-corrected chi connectivity index (χ0v) is 23.2. The van der Waals surface area contributed by atoms with Gasteiger partial charge in [-0.3, -0.25) is 9.59 Å². The van der Waals surface area contributed by atoms with Gasteiger partial charge >= 0.3 is 0 Å². The van der Waals surface area contributed by atoms with Crippen LogP contribution in [0, 0.1) is 5.41 Å². The monoisotopic (exact) mass is 480 g/mol. The number of likely N-dealkylation sites (N-methyl/N-ethyl adjacent to an activating group) is 1. The lowest BCUT2D eigenvalue weighted by Gasteiger charge is -2.38. The summed E-state index contributed by atoms with van der Waals surface area (Å²) in [6.45, 7) is 21.4. The molecule has 2 aliphatic heterocycles. The van der Waals surface area contributed by atoms with E-state index < -0.39 is 0 Å². The molecule has 0 bridgehead atoms. The predicted octanol–water partition coefficient (Wildman–Crippen LogP) is 4.86. The van der Waals surface area contributed by atoms with E-state index in [9.17, 15) is 9.59 Å². The van der Waals surface area contributed by atoms with Crippen LogP contribution in [-0.2, 0) is 14.3 Å². The maximum absolute atomic E-state index is 13.0. The Morgan fingerprint density at radius 3 is 2.12 bits per heavy atom. The number of rotatable bonds is 15. The highest BCUT2D eigenvalue weighted by atomic mass is 16.5. The van der Waals surface area contributed by atoms with Crippen LogP contribution in [0.25, 0.3) is 0 Å². The first-order valence-corrected chi connectivity index (χ1v) is 14.2. The van der Waals surface area contributed by atoms with E-state index >= 15 is 0 Å². The van der Waals surface area contributed by atoms with E-state index in [-0.39, 0.29) is 17.5 Å². The van der Waals surface area contributed by atoms with Gasteiger partial charge in [0.25, 0.3) is 0 Å². The highest BCUT2D eigenvalue weighted by Crippen LogP contribution is 2.30. The van der Waals surface area contributed by atoms with Crippen LogP contribution in [-0.4, -0.2) is 90.7 Å². The highest BCUT2D eigenvalue weighted by Gasteiger charge is 2.33. The van der Waals surface area contributed by atoms with E-state index in [4.69, 9.17) is 4.74 Å². The van der Waals surface area contributed by atoms with Crippen LogP contribution in [0.1, 0.15) is 99.3 Å². The largest absolute Gasteiger partial charge is 0.375 e. The predicted molar refractivity (Wildman–Crippen MR) is 140 cm³/mol. The third kappa shape index (κ3) is 8.51. The average molecular weight is 481 g/mol. The standard InChI is InChI=1S/C28H54N3O3/c1-7-31(8-2,9-3)20-21-34-23-28(5,6)22-25(30-18-12-10-11-14-27(30)33)17-16-24(4)29-19-13-15-26(29)32/h24-25H,7-23H2,1-6H3/q+1. The van der Waals surface area contributed by atoms with Crippen molar-refractivity contribution in [1.82, 2.24) is 9.80 Å². The van der Waals surface area contributed by atoms with Gasteiger partial charge in [-0.15, -0.1) is 0 Å². The number of ether oxygens (including phenoxy) is 1. The van der Waals surface area contributed by atoms with Crippen molar-refractivity contribution in [3.63, 3.8) is 0 Å². The number of likely N-dealkylation sites (tertiary alicyclic amines) is 2. The molecular weight excluding hydrogens is 426 g/mol. The van der Waals surface area contributed by atoms with Crippen LogP contribution >= 0.6 is 0 Å². The van der Waals surface area contributed by atoms with Gasteiger partial charge in [0.1, 0.15) is 6.54 Å². The second kappa shape index (κ2) is 13.8. The van der Waals surface area contributed by atoms with E-state index in [0.29, 0.717) is 24.7 Å². The van der Waals surface area contributed by atoms with Crippen LogP contribution in [0.5, 0.6) is 0 Å². The molecule has 0 aliphatic carbocycles. The minimum atomic E-state index is 0.00422. The van der Waals surface area contributed by atoms with Crippen molar-refractivity contribution in [2.24, 2.45) is 5.41 Å². The number of nitrogens with zero attached hydrogens (tertiary/aromatic N) is 3. The summed E-state index contributed by atoms with van der Waals surface area (Å²) in [5.74, 6) is 0.615. The summed E-state index contributed by atoms with van der Waals surface area (Å²) in [6.07, 6.45) is 8.48. The van der Waals surface area contributed by atoms with Crippen LogP contribution in [0.3, 0.4) is 0 Å². The van der Waals surface area contributed by atoms with Gasteiger partial charge in [0.2, 0.25) is 11.8 Å². The Kier molecular flexibility index (Phi) is 11.8. The quantitative estimate of drug-likeness (QED) is 0.248. The van der Waals surface area contributed by atoms with E-state index in [0.717, 1.165) is 102 Å². The molecule has 2 fully saturated rings. The van der Waals surface area contributed by atoms with Gasteiger partial charge in [0.15, 0.2) is 0 Å². The molecule has 6 heteroatoms. The SMILES string of the molecule is CC[N+](CC)(CC)CCOCC(C)(C)CC(CCC(C)N1CCCC1=O)N1CCCCCC1=O. The van der Waals surface area contributed by atoms with Crippen molar-refractivity contribution in [1.29, 1.82) is 0 Å². The molecule has 34 heavy (non-hydrogen) atoms. The topological polar surface area (TPSA) is 49.9 Å². The van der Waals surface area contributed by atoms with Crippen molar-refractivity contribution in [2.45, 2.75) is 111 Å². The second-order valence-electron chi connectivity index (χ2n) is 11.6. The highest BCUT2D eigenvalue weighted by molar-refractivity contribution is 5.78. The fraction of sp³-hybridized carbons (Fsp3) is 0.929. The molecule has 2 aliphatic rings. The van der Waals surface area contributed by atoms with E-state index in [1.165, 1.54) is 0 Å². The Hall–Kier alpha value is -1.14. The lowest BCUT2D eigenvalue weighted by Crippen LogP contribution is -2.49. The molecule has 2 rings (SSSR count). The first kappa shape index (κ1) is 29.1. The normalized spacial score (nSPS) is 20.1. The minimum Gasteiger partial charge on any atom is -0.375 e. The van der Waals surface area contributed by atoms with Gasteiger partial charge in [-0.25, -0.2) is 0 Å². The number of hydrogen-bond donors (Lipinski definition) is 0. The number of quaternary nitrogens is 1. The van der Waals surface area contributed by atoms with Gasteiger partial charge < -0.3 is 19.0 Å². The van der Waals surface area contributed by atoms with Gasteiger partial charge in [-0.1, -0.05) is 20.3 Å². The first-order chi connectivity index (χ1) is 16.2. The number of hydrogen-bond acceptors (Lipinski definition) is 3. The Bertz CT molecular complexity index is 624. The minimum absolute atomic E-state index is 0.00422. The molecule has 2 atom stereocenters. The van der Waals surface area contributed by atoms with Gasteiger partial charge in [0.05, 0.1) is 32.8 Å². The van der Waals surface area contributed by atoms with E-state index in [1.807, 2.05) is 0 Å². The van der Waals surface area contributed by atoms with E-state index in [1.54, 1.807) is 0 Å². The molecule has 0 spiro atoms. The second-order valence-corrected chi connectivity index (χ2v) is 11.6. The summed E-state index contributed by atoms with van der Waals surface area (Å²) in [5.41, 5.74) is 0.00422. The lowest BCUT2D eigenvalue weighted by atomic mass is 9.84. The zero-order chi connectivity index (χ0) is 25.2. The summed E-state index contributed by atoms with van der Waals surface area (Å²) in [7, 11) is 0. The van der Waals surface area contributed by atoms with Crippen LogP contribution in [0.15, 0.2) is 0 Å². The number of carbonyl (C=O) groups is 2. The average Bonchev–Trinajstić information content (AvgIpc) is 3.13. The molecule has 0 radical (unpaired) electrons. The third-order valence-electron chi connectivity index (χ3n) is 8.61. The molecule has 0 aromatic heterocycles. The molecule has 0 aromatic carbocycles. The summed E-state index contributed by atoms with van der Waals surface area (Å²) in [5, 5.41) is 0. The van der Waals surface area contributed by atoms with Gasteiger partial charge in [-0.2, -0.15) is 0 Å². The molecule has 198 valence electrons. The Morgan fingerprint density at radius 2 is 1.50 bits per heavy atom. The van der Waals surface area contributed by atoms with Crippen LogP contribution in [0.4, 0.5) is 0 Å². The summed E-state index contributed by atoms with van der Waals surface area (Å²) in [4.78, 5) is 29.4. The maximum atomic E-state index is 13.0. The summed E-state index contributed by atoms with van der Waals surface area (Å²) < 4.78 is 7.36. The van der Waals surface area contributed by atoms with E-state index in [2.05, 4.69) is 51.3 Å². The molecule has 2 amide bonds. The molecule has 2 saturated heterocycles. The van der Waals surface area contributed by atoms with Crippen molar-refractivity contribution in [2.75, 3.05) is 52.5 Å². The summed E-state index contributed by atoms with van der Waals surface area (Å²) >= 11 is 0. The molecular formula is C28H54N3O3+. The molecule has 0 N–H and O–H groups in total. The lowest BCUT2D eigenvalue weighted by molar-refractivity contribution is -0.923. The molecule has 0 saturated carbocycles. The molecule has 2 heterocycles. The number of carbonyl (C=O) groups excluding carboxylic acids is 2. The molecule has 6 nitrogen and oxygen atoms in total. The van der Waals surface area contributed by atoms with Crippen LogP contribution in [0.2, 0.25) is 0 Å². The fourth-order valence-electron chi connectivity index (χ4n) is 5.93. The number of amides is 2. The third-order valence-corrected chi connectivity index (χ3v) is 8.61. The van der Waals surface area contributed by atoms with Crippen LogP contribution < -0.4 is 0 Å². The first-order valence-electron chi connectivity index (χ1n) is 14.2. The Balaban J connectivity index is 1.98. The molecule has 2 unspecified atom stereocenters. The Labute approximate surface area is 210 Å². The van der Waals surface area contributed by atoms with Crippen molar-refractivity contribution in [3.8, 4) is 0 Å². The van der Waals surface area contributed by atoms with Crippen molar-refractivity contribution >= 4 is 11.8 Å². The van der Waals surface area contributed by atoms with Gasteiger partial charge in [-0.05, 0) is 71.6 Å². The van der Waals surface area contributed by atoms with Gasteiger partial charge in [0, 0.05) is 38.0 Å².